The van der Waals surface area contributed by atoms with E-state index in [1.54, 1.807) is 27.7 Å². The van der Waals surface area contributed by atoms with Gasteiger partial charge in [-0.15, -0.1) is 0 Å². The maximum atomic E-state index is 13.5. The summed E-state index contributed by atoms with van der Waals surface area (Å²) in [4.78, 5) is 87.5. The minimum Gasteiger partial charge on any atom is -0.481 e. The Morgan fingerprint density at radius 3 is 1.64 bits per heavy atom. The highest BCUT2D eigenvalue weighted by Crippen LogP contribution is 2.11. The number of rotatable bonds is 23. The van der Waals surface area contributed by atoms with E-state index in [4.69, 9.17) is 21.7 Å². The zero-order chi connectivity index (χ0) is 36.4. The lowest BCUT2D eigenvalue weighted by atomic mass is 9.98. The molecule has 47 heavy (non-hydrogen) atoms. The number of aliphatic hydroxyl groups is 2. The molecule has 0 saturated carbocycles. The molecular formula is C29H53N7O11. The summed E-state index contributed by atoms with van der Waals surface area (Å²) in [6.07, 6.45) is -0.750. The summed E-state index contributed by atoms with van der Waals surface area (Å²) in [6.45, 7) is 7.36. The Morgan fingerprint density at radius 1 is 0.660 bits per heavy atom. The average Bonchev–Trinajstić information content (AvgIpc) is 2.97. The molecule has 0 rings (SSSR count). The largest absolute Gasteiger partial charge is 0.481 e. The van der Waals surface area contributed by atoms with E-state index in [9.17, 15) is 43.8 Å². The highest BCUT2D eigenvalue weighted by molar-refractivity contribution is 5.96. The first kappa shape index (κ1) is 43.1. The SMILES string of the molecule is CC(C)C[C@H](NC(=O)[C@H](CCCCN)NC(=O)[C@@H](N)CCC(=O)O)C(=O)N[C@H](C(=O)N[C@H](C(=O)N[C@@H](CO)C(=O)O)[C@@H](C)O)C(C)C. The van der Waals surface area contributed by atoms with Crippen LogP contribution in [0.5, 0.6) is 0 Å². The molecule has 0 saturated heterocycles. The maximum absolute atomic E-state index is 13.5. The zero-order valence-corrected chi connectivity index (χ0v) is 27.7. The van der Waals surface area contributed by atoms with Crippen molar-refractivity contribution in [1.29, 1.82) is 0 Å². The lowest BCUT2D eigenvalue weighted by Crippen LogP contribution is -2.62. The molecule has 18 heteroatoms. The fourth-order valence-corrected chi connectivity index (χ4v) is 4.31. The molecule has 7 atom stereocenters. The highest BCUT2D eigenvalue weighted by atomic mass is 16.4. The van der Waals surface area contributed by atoms with Crippen LogP contribution in [0.1, 0.15) is 73.1 Å². The van der Waals surface area contributed by atoms with Crippen molar-refractivity contribution in [2.45, 2.75) is 115 Å². The molecule has 0 spiro atoms. The molecule has 0 aromatic heterocycles. The number of unbranched alkanes of at least 4 members (excludes halogenated alkanes) is 1. The number of aliphatic hydroxyl groups excluding tert-OH is 2. The van der Waals surface area contributed by atoms with Gasteiger partial charge in [-0.2, -0.15) is 0 Å². The summed E-state index contributed by atoms with van der Waals surface area (Å²) < 4.78 is 0. The number of carbonyl (C=O) groups excluding carboxylic acids is 5. The van der Waals surface area contributed by atoms with Crippen molar-refractivity contribution in [3.05, 3.63) is 0 Å². The van der Waals surface area contributed by atoms with Crippen LogP contribution >= 0.6 is 0 Å². The van der Waals surface area contributed by atoms with Gasteiger partial charge in [-0.1, -0.05) is 27.7 Å². The number of hydrogen-bond donors (Lipinski definition) is 11. The third-order valence-corrected chi connectivity index (χ3v) is 7.03. The predicted molar refractivity (Wildman–Crippen MR) is 168 cm³/mol. The number of carbonyl (C=O) groups is 7. The van der Waals surface area contributed by atoms with Crippen LogP contribution in [0.2, 0.25) is 0 Å². The number of nitrogens with one attached hydrogen (secondary N) is 5. The van der Waals surface area contributed by atoms with Crippen LogP contribution < -0.4 is 38.1 Å². The van der Waals surface area contributed by atoms with Crippen LogP contribution in [0.3, 0.4) is 0 Å². The van der Waals surface area contributed by atoms with Gasteiger partial charge in [-0.3, -0.25) is 28.8 Å². The maximum Gasteiger partial charge on any atom is 0.328 e. The van der Waals surface area contributed by atoms with Crippen molar-refractivity contribution in [3.63, 3.8) is 0 Å². The fourth-order valence-electron chi connectivity index (χ4n) is 4.31. The lowest BCUT2D eigenvalue weighted by Gasteiger charge is -2.29. The second-order valence-electron chi connectivity index (χ2n) is 12.1. The van der Waals surface area contributed by atoms with Gasteiger partial charge in [-0.25, -0.2) is 4.79 Å². The first-order chi connectivity index (χ1) is 21.9. The Morgan fingerprint density at radius 2 is 1.17 bits per heavy atom. The van der Waals surface area contributed by atoms with Gasteiger partial charge < -0.3 is 58.5 Å². The molecule has 0 aromatic carbocycles. The van der Waals surface area contributed by atoms with Crippen molar-refractivity contribution in [2.24, 2.45) is 23.3 Å². The monoisotopic (exact) mass is 675 g/mol. The van der Waals surface area contributed by atoms with Crippen molar-refractivity contribution < 1.29 is 54.0 Å². The predicted octanol–water partition coefficient (Wildman–Crippen LogP) is -3.11. The van der Waals surface area contributed by atoms with Crippen molar-refractivity contribution in [2.75, 3.05) is 13.2 Å². The third kappa shape index (κ3) is 16.5. The summed E-state index contributed by atoms with van der Waals surface area (Å²) >= 11 is 0. The van der Waals surface area contributed by atoms with Gasteiger partial charge in [0.05, 0.1) is 18.8 Å². The van der Waals surface area contributed by atoms with Crippen LogP contribution in [0.25, 0.3) is 0 Å². The topological polar surface area (TPSA) is 313 Å². The lowest BCUT2D eigenvalue weighted by molar-refractivity contribution is -0.144. The van der Waals surface area contributed by atoms with Gasteiger partial charge in [0.2, 0.25) is 29.5 Å². The Hall–Kier alpha value is -3.87. The molecule has 270 valence electrons. The standard InChI is InChI=1S/C29H53N7O11/c1-14(2)12-19(33-25(42)18(8-6-7-11-30)32-24(41)17(31)9-10-21(39)40)26(43)35-22(15(3)4)27(44)36-23(16(5)38)28(45)34-20(13-37)29(46)47/h14-20,22-23,37-38H,6-13,30-31H2,1-5H3,(H,32,41)(H,33,42)(H,34,45)(H,35,43)(H,36,44)(H,39,40)(H,46,47)/t16-,17+,18+,19+,20+,22+,23+/m1/s1. The summed E-state index contributed by atoms with van der Waals surface area (Å²) in [5.74, 6) is -7.54. The average molecular weight is 676 g/mol. The Bertz CT molecular complexity index is 1070. The fraction of sp³-hybridized carbons (Fsp3) is 0.759. The van der Waals surface area contributed by atoms with Crippen molar-refractivity contribution >= 4 is 41.5 Å². The van der Waals surface area contributed by atoms with Gasteiger partial charge >= 0.3 is 11.9 Å². The minimum atomic E-state index is -1.69. The molecule has 0 bridgehead atoms. The summed E-state index contributed by atoms with van der Waals surface area (Å²) in [6, 6.07) is -8.10. The molecule has 13 N–H and O–H groups in total. The van der Waals surface area contributed by atoms with E-state index in [0.29, 0.717) is 19.4 Å². The second-order valence-corrected chi connectivity index (χ2v) is 12.1. The van der Waals surface area contributed by atoms with Gasteiger partial charge in [0.1, 0.15) is 30.2 Å². The van der Waals surface area contributed by atoms with Gasteiger partial charge in [0.15, 0.2) is 0 Å². The third-order valence-electron chi connectivity index (χ3n) is 7.03. The molecule has 0 aliphatic carbocycles. The molecule has 0 unspecified atom stereocenters. The zero-order valence-electron chi connectivity index (χ0n) is 27.7. The van der Waals surface area contributed by atoms with Gasteiger partial charge in [0, 0.05) is 6.42 Å². The first-order valence-electron chi connectivity index (χ1n) is 15.6. The van der Waals surface area contributed by atoms with Crippen molar-refractivity contribution in [3.8, 4) is 0 Å². The van der Waals surface area contributed by atoms with Crippen LogP contribution in [-0.2, 0) is 33.6 Å². The Balaban J connectivity index is 5.94. The number of carboxylic acid groups (broad SMARTS) is 2. The molecule has 0 heterocycles. The first-order valence-corrected chi connectivity index (χ1v) is 15.6. The number of nitrogens with two attached hydrogens (primary N) is 2. The van der Waals surface area contributed by atoms with Crippen LogP contribution in [-0.4, -0.2) is 117 Å². The molecular weight excluding hydrogens is 622 g/mol. The summed E-state index contributed by atoms with van der Waals surface area (Å²) in [5, 5.41) is 49.4. The minimum absolute atomic E-state index is 0.121. The summed E-state index contributed by atoms with van der Waals surface area (Å²) in [5.41, 5.74) is 11.4. The van der Waals surface area contributed by atoms with E-state index >= 15 is 0 Å². The number of hydrogen-bond acceptors (Lipinski definition) is 11. The van der Waals surface area contributed by atoms with Crippen molar-refractivity contribution in [1.82, 2.24) is 26.6 Å². The smallest absolute Gasteiger partial charge is 0.328 e. The quantitative estimate of drug-likeness (QED) is 0.0479. The van der Waals surface area contributed by atoms with E-state index in [1.165, 1.54) is 6.92 Å². The van der Waals surface area contributed by atoms with Gasteiger partial charge in [-0.05, 0) is 57.4 Å². The highest BCUT2D eigenvalue weighted by Gasteiger charge is 2.35. The van der Waals surface area contributed by atoms with Gasteiger partial charge in [0.25, 0.3) is 0 Å². The normalized spacial score (nSPS) is 15.7. The summed E-state index contributed by atoms with van der Waals surface area (Å²) in [7, 11) is 0. The van der Waals surface area contributed by atoms with Crippen LogP contribution in [0.15, 0.2) is 0 Å². The molecule has 5 amide bonds. The number of aliphatic carboxylic acids is 2. The molecule has 0 fully saturated rings. The second kappa shape index (κ2) is 21.8. The molecule has 0 aliphatic heterocycles. The van der Waals surface area contributed by atoms with E-state index in [1.807, 2.05) is 5.32 Å². The Labute approximate surface area is 274 Å². The van der Waals surface area contributed by atoms with E-state index in [0.717, 1.165) is 0 Å². The van der Waals surface area contributed by atoms with E-state index in [2.05, 4.69) is 21.3 Å². The molecule has 18 nitrogen and oxygen atoms in total. The number of amides is 5. The molecule has 0 radical (unpaired) electrons. The van der Waals surface area contributed by atoms with E-state index < -0.39 is 96.4 Å². The Kier molecular flexibility index (Phi) is 20.0. The van der Waals surface area contributed by atoms with E-state index in [-0.39, 0.29) is 31.6 Å². The van der Waals surface area contributed by atoms with Crippen LogP contribution in [0.4, 0.5) is 0 Å². The molecule has 0 aromatic rings. The number of carboxylic acids is 2. The molecule has 0 aliphatic rings. The van der Waals surface area contributed by atoms with Crippen LogP contribution in [0, 0.1) is 11.8 Å².